The van der Waals surface area contributed by atoms with Crippen molar-refractivity contribution in [3.05, 3.63) is 102 Å². The van der Waals surface area contributed by atoms with Crippen molar-refractivity contribution in [2.45, 2.75) is 31.3 Å². The zero-order chi connectivity index (χ0) is 26.8. The third-order valence-electron chi connectivity index (χ3n) is 5.65. The van der Waals surface area contributed by atoms with Gasteiger partial charge in [0.05, 0.1) is 18.8 Å². The van der Waals surface area contributed by atoms with Gasteiger partial charge in [-0.2, -0.15) is 8.78 Å². The molecule has 4 N–H and O–H groups in total. The topological polar surface area (TPSA) is 87.6 Å². The van der Waals surface area contributed by atoms with Gasteiger partial charge in [0.2, 0.25) is 0 Å². The molecule has 0 bridgehead atoms. The predicted octanol–water partition coefficient (Wildman–Crippen LogP) is 6.45. The highest BCUT2D eigenvalue weighted by atomic mass is 19.3. The fourth-order valence-corrected chi connectivity index (χ4v) is 3.59. The maximum Gasteiger partial charge on any atom is 0.426 e. The number of alkyl halides is 3. The summed E-state index contributed by atoms with van der Waals surface area (Å²) >= 11 is 0. The highest BCUT2D eigenvalue weighted by Gasteiger charge is 2.34. The average Bonchev–Trinajstić information content (AvgIpc) is 2.87. The first-order valence-electron chi connectivity index (χ1n) is 11.8. The van der Waals surface area contributed by atoms with E-state index in [0.717, 1.165) is 11.1 Å². The van der Waals surface area contributed by atoms with E-state index in [4.69, 9.17) is 20.9 Å². The summed E-state index contributed by atoms with van der Waals surface area (Å²) in [6, 6.07) is 16.7. The Balaban J connectivity index is 1.51. The van der Waals surface area contributed by atoms with Crippen molar-refractivity contribution >= 4 is 23.4 Å². The van der Waals surface area contributed by atoms with E-state index in [2.05, 4.69) is 6.92 Å². The second-order valence-corrected chi connectivity index (χ2v) is 8.58. The van der Waals surface area contributed by atoms with Gasteiger partial charge >= 0.3 is 12.1 Å². The molecule has 195 valence electrons. The van der Waals surface area contributed by atoms with Crippen LogP contribution in [0, 0.1) is 6.92 Å². The molecule has 8 heteroatoms. The first-order chi connectivity index (χ1) is 17.7. The monoisotopic (exact) mass is 511 g/mol. The standard InChI is InChI=1S/C29H30F3N2O3/c1-20(26-15-12-24(33)18-27(26)34)19-36-28(35)16-9-22-7-13-25(14-8-22)37-29(31,32)23-10-5-21(6-11-23)4-2-3-17-30/h5-16,18,20H,1-4,17,19,33-34H2/b16-9+. The van der Waals surface area contributed by atoms with E-state index in [-0.39, 0.29) is 30.5 Å². The Morgan fingerprint density at radius 3 is 2.35 bits per heavy atom. The predicted molar refractivity (Wildman–Crippen MR) is 140 cm³/mol. The van der Waals surface area contributed by atoms with E-state index in [1.807, 2.05) is 0 Å². The Hall–Kier alpha value is -3.94. The molecule has 3 aromatic rings. The van der Waals surface area contributed by atoms with Crippen LogP contribution in [-0.2, 0) is 22.1 Å². The number of carbonyl (C=O) groups is 1. The molecule has 1 radical (unpaired) electrons. The molecule has 0 saturated carbocycles. The lowest BCUT2D eigenvalue weighted by atomic mass is 10.00. The number of nitrogen functional groups attached to an aromatic ring is 2. The minimum Gasteiger partial charge on any atom is -0.462 e. The summed E-state index contributed by atoms with van der Waals surface area (Å²) in [6.45, 7) is 3.60. The molecule has 0 fully saturated rings. The minimum absolute atomic E-state index is 0.0255. The van der Waals surface area contributed by atoms with Crippen LogP contribution in [-0.4, -0.2) is 19.3 Å². The van der Waals surface area contributed by atoms with E-state index < -0.39 is 12.1 Å². The van der Waals surface area contributed by atoms with Crippen LogP contribution in [0.25, 0.3) is 6.08 Å². The van der Waals surface area contributed by atoms with E-state index >= 15 is 0 Å². The summed E-state index contributed by atoms with van der Waals surface area (Å²) < 4.78 is 51.5. The molecule has 0 aromatic heterocycles. The van der Waals surface area contributed by atoms with Crippen LogP contribution in [0.2, 0.25) is 0 Å². The molecule has 0 aliphatic heterocycles. The van der Waals surface area contributed by atoms with Crippen molar-refractivity contribution in [3.63, 3.8) is 0 Å². The lowest BCUT2D eigenvalue weighted by Crippen LogP contribution is -2.21. The second kappa shape index (κ2) is 12.9. The van der Waals surface area contributed by atoms with Crippen molar-refractivity contribution in [3.8, 4) is 5.75 Å². The molecule has 0 amide bonds. The van der Waals surface area contributed by atoms with Crippen molar-refractivity contribution in [1.29, 1.82) is 0 Å². The van der Waals surface area contributed by atoms with Crippen LogP contribution >= 0.6 is 0 Å². The van der Waals surface area contributed by atoms with Gasteiger partial charge in [0.15, 0.2) is 0 Å². The number of esters is 1. The van der Waals surface area contributed by atoms with E-state index in [0.29, 0.717) is 36.2 Å². The Bertz CT molecular complexity index is 1200. The van der Waals surface area contributed by atoms with E-state index in [1.54, 1.807) is 42.5 Å². The summed E-state index contributed by atoms with van der Waals surface area (Å²) in [5.41, 5.74) is 14.5. The first-order valence-corrected chi connectivity index (χ1v) is 11.8. The number of rotatable bonds is 12. The van der Waals surface area contributed by atoms with Gasteiger partial charge in [0.25, 0.3) is 0 Å². The van der Waals surface area contributed by atoms with Crippen LogP contribution in [0.4, 0.5) is 24.5 Å². The molecule has 1 unspecified atom stereocenters. The van der Waals surface area contributed by atoms with E-state index in [1.165, 1.54) is 36.4 Å². The smallest absolute Gasteiger partial charge is 0.426 e. The first kappa shape index (κ1) is 27.6. The van der Waals surface area contributed by atoms with Crippen LogP contribution in [0.1, 0.15) is 41.0 Å². The average molecular weight is 512 g/mol. The molecule has 0 aliphatic carbocycles. The van der Waals surface area contributed by atoms with Gasteiger partial charge in [-0.3, -0.25) is 4.39 Å². The quantitative estimate of drug-likeness (QED) is 0.126. The fraction of sp³-hybridized carbons (Fsp3) is 0.241. The summed E-state index contributed by atoms with van der Waals surface area (Å²) in [5, 5.41) is 0. The molecule has 3 rings (SSSR count). The Morgan fingerprint density at radius 1 is 1.00 bits per heavy atom. The molecule has 0 heterocycles. The zero-order valence-electron chi connectivity index (χ0n) is 20.3. The number of halogens is 3. The number of ether oxygens (including phenoxy) is 2. The number of hydrogen-bond acceptors (Lipinski definition) is 5. The highest BCUT2D eigenvalue weighted by molar-refractivity contribution is 5.87. The third-order valence-corrected chi connectivity index (χ3v) is 5.65. The summed E-state index contributed by atoms with van der Waals surface area (Å²) in [4.78, 5) is 12.1. The van der Waals surface area contributed by atoms with Gasteiger partial charge in [-0.05, 0) is 85.4 Å². The molecular weight excluding hydrogens is 481 g/mol. The third kappa shape index (κ3) is 8.31. The molecule has 0 saturated heterocycles. The maximum absolute atomic E-state index is 14.6. The molecule has 0 aliphatic rings. The van der Waals surface area contributed by atoms with Gasteiger partial charge in [0, 0.05) is 23.4 Å². The van der Waals surface area contributed by atoms with Crippen LogP contribution < -0.4 is 16.2 Å². The SMILES string of the molecule is [CH2]C(COC(=O)/C=C/c1ccc(OC(F)(F)c2ccc(CCCCF)cc2)cc1)c1ccc(N)cc1N. The van der Waals surface area contributed by atoms with Gasteiger partial charge in [0.1, 0.15) is 5.75 Å². The normalized spacial score (nSPS) is 12.4. The minimum atomic E-state index is -3.53. The molecule has 1 atom stereocenters. The van der Waals surface area contributed by atoms with Crippen molar-refractivity contribution < 1.29 is 27.4 Å². The van der Waals surface area contributed by atoms with Crippen molar-refractivity contribution in [2.75, 3.05) is 24.7 Å². The van der Waals surface area contributed by atoms with Gasteiger partial charge in [-0.15, -0.1) is 0 Å². The number of unbranched alkanes of at least 4 members (excludes halogenated alkanes) is 1. The van der Waals surface area contributed by atoms with Crippen LogP contribution in [0.5, 0.6) is 5.75 Å². The molecule has 37 heavy (non-hydrogen) atoms. The number of aryl methyl sites for hydroxylation is 1. The zero-order valence-corrected chi connectivity index (χ0v) is 20.3. The van der Waals surface area contributed by atoms with Gasteiger partial charge < -0.3 is 20.9 Å². The van der Waals surface area contributed by atoms with Crippen LogP contribution in [0.15, 0.2) is 72.8 Å². The van der Waals surface area contributed by atoms with Crippen molar-refractivity contribution in [2.24, 2.45) is 0 Å². The summed E-state index contributed by atoms with van der Waals surface area (Å²) in [6.07, 6.45) is 0.949. The van der Waals surface area contributed by atoms with Crippen molar-refractivity contribution in [1.82, 2.24) is 0 Å². The Kier molecular flexibility index (Phi) is 9.60. The fourth-order valence-electron chi connectivity index (χ4n) is 3.59. The van der Waals surface area contributed by atoms with Gasteiger partial charge in [-0.25, -0.2) is 4.79 Å². The summed E-state index contributed by atoms with van der Waals surface area (Å²) in [5.74, 6) is -0.978. The highest BCUT2D eigenvalue weighted by Crippen LogP contribution is 2.32. The summed E-state index contributed by atoms with van der Waals surface area (Å²) in [7, 11) is 0. The number of carbonyl (C=O) groups excluding carboxylic acids is 1. The Labute approximate surface area is 214 Å². The molecular formula is C29H30F3N2O3. The molecule has 5 nitrogen and oxygen atoms in total. The lowest BCUT2D eigenvalue weighted by molar-refractivity contribution is -0.185. The second-order valence-electron chi connectivity index (χ2n) is 8.58. The Morgan fingerprint density at radius 2 is 1.70 bits per heavy atom. The molecule has 0 spiro atoms. The number of benzene rings is 3. The largest absolute Gasteiger partial charge is 0.462 e. The van der Waals surface area contributed by atoms with Gasteiger partial charge in [-0.1, -0.05) is 30.3 Å². The van der Waals surface area contributed by atoms with E-state index in [9.17, 15) is 18.0 Å². The maximum atomic E-state index is 14.6. The lowest BCUT2D eigenvalue weighted by Gasteiger charge is -2.18. The van der Waals surface area contributed by atoms with Crippen LogP contribution in [0.3, 0.4) is 0 Å². The number of nitrogens with two attached hydrogens (primary N) is 2. The number of hydrogen-bond donors (Lipinski definition) is 2. The molecule has 3 aromatic carbocycles. The number of anilines is 2.